The van der Waals surface area contributed by atoms with Gasteiger partial charge in [0.05, 0.1) is 68.3 Å². The van der Waals surface area contributed by atoms with Crippen molar-refractivity contribution in [1.29, 1.82) is 0 Å². The molecule has 0 saturated carbocycles. The molecule has 54 heavy (non-hydrogen) atoms. The average molecular weight is 739 g/mol. The first-order valence-electron chi connectivity index (χ1n) is 18.7. The minimum Gasteiger partial charge on any atom is -0.372 e. The van der Waals surface area contributed by atoms with Gasteiger partial charge < -0.3 is 29.2 Å². The van der Waals surface area contributed by atoms with E-state index in [2.05, 4.69) is 51.1 Å². The lowest BCUT2D eigenvalue weighted by atomic mass is 10.0. The molecule has 0 bridgehead atoms. The summed E-state index contributed by atoms with van der Waals surface area (Å²) in [6.07, 6.45) is 12.5. The maximum atomic E-state index is 13.6. The normalized spacial score (nSPS) is 15.2. The molecule has 5 aromatic rings. The van der Waals surface area contributed by atoms with Crippen molar-refractivity contribution < 1.29 is 27.8 Å². The maximum absolute atomic E-state index is 13.6. The molecule has 0 unspecified atom stereocenters. The van der Waals surface area contributed by atoms with Crippen LogP contribution in [0.4, 0.5) is 8.78 Å². The minimum absolute atomic E-state index is 0.0498. The lowest BCUT2D eigenvalue weighted by Gasteiger charge is -2.32. The molecular weight excluding hydrogens is 690 g/mol. The van der Waals surface area contributed by atoms with Crippen LogP contribution < -0.4 is 0 Å². The van der Waals surface area contributed by atoms with Crippen LogP contribution in [0.2, 0.25) is 0 Å². The molecule has 2 aliphatic rings. The Hall–Kier alpha value is -5.20. The van der Waals surface area contributed by atoms with E-state index in [4.69, 9.17) is 9.47 Å². The van der Waals surface area contributed by atoms with Crippen LogP contribution in [0, 0.1) is 11.6 Å². The van der Waals surface area contributed by atoms with Crippen molar-refractivity contribution in [3.05, 3.63) is 131 Å². The van der Waals surface area contributed by atoms with Crippen LogP contribution in [0.15, 0.2) is 91.8 Å². The van der Waals surface area contributed by atoms with Gasteiger partial charge in [0, 0.05) is 37.8 Å². The summed E-state index contributed by atoms with van der Waals surface area (Å²) < 4.78 is 38.3. The number of nitrogens with one attached hydrogen (secondary N) is 2. The molecule has 2 amide bonds. The highest BCUT2D eigenvalue weighted by Gasteiger charge is 2.25. The van der Waals surface area contributed by atoms with E-state index in [1.165, 1.54) is 23.3 Å². The summed E-state index contributed by atoms with van der Waals surface area (Å²) in [6.45, 7) is 5.82. The topological polar surface area (TPSA) is 116 Å². The van der Waals surface area contributed by atoms with Crippen molar-refractivity contribution in [2.75, 3.05) is 26.2 Å². The Morgan fingerprint density at radius 3 is 1.78 bits per heavy atom. The highest BCUT2D eigenvalue weighted by atomic mass is 19.1. The van der Waals surface area contributed by atoms with E-state index in [1.54, 1.807) is 29.9 Å². The molecule has 0 atom stereocenters. The number of hydrogen-bond donors (Lipinski definition) is 2. The fourth-order valence-electron chi connectivity index (χ4n) is 6.72. The number of H-pyrrole nitrogens is 2. The predicted molar refractivity (Wildman–Crippen MR) is 201 cm³/mol. The third kappa shape index (κ3) is 10.9. The molecule has 4 heterocycles. The number of nitrogens with zero attached hydrogens (tertiary/aromatic N) is 4. The number of amides is 2. The number of likely N-dealkylation sites (tertiary alicyclic amines) is 2. The van der Waals surface area contributed by atoms with E-state index in [9.17, 15) is 18.4 Å². The van der Waals surface area contributed by atoms with E-state index in [0.717, 1.165) is 80.2 Å². The zero-order valence-electron chi connectivity index (χ0n) is 30.7. The Morgan fingerprint density at radius 1 is 0.741 bits per heavy atom. The third-order valence-electron chi connectivity index (χ3n) is 9.90. The van der Waals surface area contributed by atoms with Crippen molar-refractivity contribution in [3.63, 3.8) is 0 Å². The van der Waals surface area contributed by atoms with Gasteiger partial charge in [0.15, 0.2) is 0 Å². The van der Waals surface area contributed by atoms with E-state index in [-0.39, 0.29) is 36.0 Å². The minimum atomic E-state index is -0.680. The first-order chi connectivity index (χ1) is 26.3. The number of aromatic amines is 2. The smallest absolute Gasteiger partial charge is 0.253 e. The lowest BCUT2D eigenvalue weighted by Crippen LogP contribution is -2.41. The number of benzene rings is 3. The molecule has 0 radical (unpaired) electrons. The van der Waals surface area contributed by atoms with Gasteiger partial charge in [-0.25, -0.2) is 18.7 Å². The molecule has 2 aliphatic heterocycles. The zero-order valence-corrected chi connectivity index (χ0v) is 30.7. The van der Waals surface area contributed by atoms with E-state index < -0.39 is 11.6 Å². The van der Waals surface area contributed by atoms with Crippen molar-refractivity contribution in [1.82, 2.24) is 29.7 Å². The van der Waals surface area contributed by atoms with Gasteiger partial charge in [-0.05, 0) is 72.6 Å². The first kappa shape index (κ1) is 38.5. The summed E-state index contributed by atoms with van der Waals surface area (Å²) in [6, 6.07) is 20.0. The second-order valence-corrected chi connectivity index (χ2v) is 13.8. The number of rotatable bonds is 12. The van der Waals surface area contributed by atoms with Crippen LogP contribution in [-0.2, 0) is 40.3 Å². The van der Waals surface area contributed by atoms with E-state index in [1.807, 2.05) is 29.2 Å². The Morgan fingerprint density at radius 2 is 1.28 bits per heavy atom. The Kier molecular flexibility index (Phi) is 13.7. The quantitative estimate of drug-likeness (QED) is 0.139. The number of aromatic nitrogens is 4. The third-order valence-corrected chi connectivity index (χ3v) is 9.90. The predicted octanol–water partition coefficient (Wildman–Crippen LogP) is 7.29. The van der Waals surface area contributed by atoms with Gasteiger partial charge in [-0.15, -0.1) is 0 Å². The Labute approximate surface area is 314 Å². The molecule has 284 valence electrons. The first-order valence-corrected chi connectivity index (χ1v) is 18.7. The number of hydrogen-bond acceptors (Lipinski definition) is 6. The molecule has 0 spiro atoms. The molecule has 3 aromatic carbocycles. The van der Waals surface area contributed by atoms with Crippen LogP contribution in [0.3, 0.4) is 0 Å². The second-order valence-electron chi connectivity index (χ2n) is 13.8. The molecule has 12 heteroatoms. The number of aryl methyl sites for hydroxylation is 1. The van der Waals surface area contributed by atoms with Gasteiger partial charge in [0.1, 0.15) is 11.6 Å². The van der Waals surface area contributed by atoms with Gasteiger partial charge in [-0.2, -0.15) is 0 Å². The summed E-state index contributed by atoms with van der Waals surface area (Å²) in [5.41, 5.74) is 6.56. The average Bonchev–Trinajstić information content (AvgIpc) is 3.94. The highest BCUT2D eigenvalue weighted by Crippen LogP contribution is 2.23. The van der Waals surface area contributed by atoms with Crippen molar-refractivity contribution in [2.24, 2.45) is 0 Å². The highest BCUT2D eigenvalue weighted by molar-refractivity contribution is 5.94. The van der Waals surface area contributed by atoms with Gasteiger partial charge in [-0.1, -0.05) is 55.8 Å². The van der Waals surface area contributed by atoms with Gasteiger partial charge >= 0.3 is 0 Å². The van der Waals surface area contributed by atoms with E-state index in [0.29, 0.717) is 26.3 Å². The Balaban J connectivity index is 0.000000189. The molecule has 2 fully saturated rings. The molecule has 10 nitrogen and oxygen atoms in total. The number of halogens is 2. The molecule has 7 rings (SSSR count). The number of carbonyl (C=O) groups excluding carboxylic acids is 2. The monoisotopic (exact) mass is 738 g/mol. The van der Waals surface area contributed by atoms with Gasteiger partial charge in [0.2, 0.25) is 5.91 Å². The van der Waals surface area contributed by atoms with Crippen LogP contribution in [0.5, 0.6) is 0 Å². The van der Waals surface area contributed by atoms with Crippen LogP contribution in [0.1, 0.15) is 71.9 Å². The van der Waals surface area contributed by atoms with Crippen molar-refractivity contribution in [2.45, 2.75) is 77.3 Å². The standard InChI is InChI=1S/C25H29N3O2.C17H19F2N3O2/c1-2-3-19-4-6-20(7-5-19)21-8-10-22(11-9-21)25(29)28-14-12-24(13-15-28)30-17-23-16-26-18-27-23;18-13-2-1-12(16(19)8-13)7-17(23)22-5-3-15(4-6-22)24-10-14-9-20-11-21-14/h4-11,16,18,24H,2-3,12-15,17H2,1H3,(H,26,27);1-2,8-9,11,15H,3-7,10H2,(H,20,21). The Bertz CT molecular complexity index is 1890. The fraction of sp³-hybridized carbons (Fsp3) is 0.381. The molecule has 2 aromatic heterocycles. The van der Waals surface area contributed by atoms with Crippen molar-refractivity contribution >= 4 is 11.8 Å². The largest absolute Gasteiger partial charge is 0.372 e. The summed E-state index contributed by atoms with van der Waals surface area (Å²) in [5, 5.41) is 0. The lowest BCUT2D eigenvalue weighted by molar-refractivity contribution is -0.133. The van der Waals surface area contributed by atoms with E-state index >= 15 is 0 Å². The molecule has 2 saturated heterocycles. The maximum Gasteiger partial charge on any atom is 0.253 e. The SMILES string of the molecule is CCCc1ccc(-c2ccc(C(=O)N3CCC(OCc4cnc[nH]4)CC3)cc2)cc1.O=C(Cc1ccc(F)cc1F)N1CCC(OCc2cnc[nH]2)CC1. The van der Waals surface area contributed by atoms with Crippen LogP contribution in [-0.4, -0.2) is 79.9 Å². The number of ether oxygens (including phenoxy) is 2. The van der Waals surface area contributed by atoms with Crippen LogP contribution in [0.25, 0.3) is 11.1 Å². The summed E-state index contributed by atoms with van der Waals surface area (Å²) in [7, 11) is 0. The molecule has 2 N–H and O–H groups in total. The number of imidazole rings is 2. The molecule has 0 aliphatic carbocycles. The van der Waals surface area contributed by atoms with Gasteiger partial charge in [-0.3, -0.25) is 9.59 Å². The van der Waals surface area contributed by atoms with Crippen LogP contribution >= 0.6 is 0 Å². The van der Waals surface area contributed by atoms with Crippen molar-refractivity contribution in [3.8, 4) is 11.1 Å². The summed E-state index contributed by atoms with van der Waals surface area (Å²) >= 11 is 0. The number of carbonyl (C=O) groups is 2. The second kappa shape index (κ2) is 19.2. The fourth-order valence-corrected chi connectivity index (χ4v) is 6.72. The summed E-state index contributed by atoms with van der Waals surface area (Å²) in [5.74, 6) is -1.36. The van der Waals surface area contributed by atoms with Gasteiger partial charge in [0.25, 0.3) is 5.91 Å². The summed E-state index contributed by atoms with van der Waals surface area (Å²) in [4.78, 5) is 42.8. The molecular formula is C42H48F2N6O4. The zero-order chi connectivity index (χ0) is 37.7. The number of piperidine rings is 2.